The predicted octanol–water partition coefficient (Wildman–Crippen LogP) is 4.97. The Kier molecular flexibility index (Phi) is 5.08. The molecule has 30 heavy (non-hydrogen) atoms. The highest BCUT2D eigenvalue weighted by Crippen LogP contribution is 2.33. The second-order valence-corrected chi connectivity index (χ2v) is 7.33. The number of nitrogens with zero attached hydrogens (tertiary/aromatic N) is 4. The zero-order valence-electron chi connectivity index (χ0n) is 15.5. The van der Waals surface area contributed by atoms with E-state index in [4.69, 9.17) is 0 Å². The molecule has 0 bridgehead atoms. The number of hydrogen-bond donors (Lipinski definition) is 1. The summed E-state index contributed by atoms with van der Waals surface area (Å²) >= 11 is 0.264. The van der Waals surface area contributed by atoms with E-state index in [9.17, 15) is 18.0 Å². The number of aryl methyl sites for hydroxylation is 1. The minimum absolute atomic E-state index is 0.205. The summed E-state index contributed by atoms with van der Waals surface area (Å²) in [5.41, 5.74) is 3.00. The standard InChI is InChI=1S/C20H14F3N5OS/c1-12-7-5-6-10-14(12)16-15(11-28(27-16)13-8-3-2-4-9-13)17(29)24-19-26-25-18(30-19)20(21,22)23/h2-11H,1H3,(H,24,26,29). The lowest BCUT2D eigenvalue weighted by atomic mass is 10.0. The van der Waals surface area contributed by atoms with Crippen molar-refractivity contribution in [1.29, 1.82) is 0 Å². The Bertz CT molecular complexity index is 1200. The number of halogens is 3. The molecule has 0 saturated carbocycles. The van der Waals surface area contributed by atoms with Crippen LogP contribution in [-0.4, -0.2) is 25.9 Å². The molecule has 0 fully saturated rings. The van der Waals surface area contributed by atoms with E-state index in [1.165, 1.54) is 6.20 Å². The maximum absolute atomic E-state index is 12.9. The van der Waals surface area contributed by atoms with Gasteiger partial charge in [0.2, 0.25) is 10.1 Å². The number of benzene rings is 2. The van der Waals surface area contributed by atoms with E-state index >= 15 is 0 Å². The Hall–Kier alpha value is -3.53. The predicted molar refractivity (Wildman–Crippen MR) is 107 cm³/mol. The van der Waals surface area contributed by atoms with E-state index in [0.717, 1.165) is 16.8 Å². The molecule has 0 spiro atoms. The van der Waals surface area contributed by atoms with Gasteiger partial charge in [0.05, 0.1) is 11.3 Å². The van der Waals surface area contributed by atoms with Crippen LogP contribution >= 0.6 is 11.3 Å². The van der Waals surface area contributed by atoms with Gasteiger partial charge in [0.1, 0.15) is 5.69 Å². The first kappa shape index (κ1) is 19.8. The molecule has 6 nitrogen and oxygen atoms in total. The van der Waals surface area contributed by atoms with E-state index in [1.807, 2.05) is 61.5 Å². The maximum Gasteiger partial charge on any atom is 0.445 e. The highest BCUT2D eigenvalue weighted by molar-refractivity contribution is 7.15. The monoisotopic (exact) mass is 429 g/mol. The Morgan fingerprint density at radius 3 is 2.40 bits per heavy atom. The fourth-order valence-electron chi connectivity index (χ4n) is 2.84. The summed E-state index contributed by atoms with van der Waals surface area (Å²) in [7, 11) is 0. The molecule has 4 rings (SSSR count). The molecule has 0 saturated heterocycles. The number of carbonyl (C=O) groups is 1. The van der Waals surface area contributed by atoms with Crippen LogP contribution in [0.25, 0.3) is 16.9 Å². The van der Waals surface area contributed by atoms with Crippen molar-refractivity contribution in [1.82, 2.24) is 20.0 Å². The summed E-state index contributed by atoms with van der Waals surface area (Å²) in [5.74, 6) is -0.625. The quantitative estimate of drug-likeness (QED) is 0.497. The number of anilines is 1. The van der Waals surface area contributed by atoms with Crippen LogP contribution in [0.1, 0.15) is 20.9 Å². The number of hydrogen-bond acceptors (Lipinski definition) is 5. The second-order valence-electron chi connectivity index (χ2n) is 6.35. The third-order valence-corrected chi connectivity index (χ3v) is 5.15. The third-order valence-electron chi connectivity index (χ3n) is 4.27. The minimum Gasteiger partial charge on any atom is -0.296 e. The molecule has 10 heteroatoms. The number of para-hydroxylation sites is 1. The highest BCUT2D eigenvalue weighted by atomic mass is 32.1. The van der Waals surface area contributed by atoms with E-state index in [1.54, 1.807) is 4.68 Å². The molecule has 152 valence electrons. The van der Waals surface area contributed by atoms with Crippen molar-refractivity contribution in [3.05, 3.63) is 76.9 Å². The van der Waals surface area contributed by atoms with Gasteiger partial charge in [-0.2, -0.15) is 18.3 Å². The molecule has 2 heterocycles. The molecule has 2 aromatic carbocycles. The molecular weight excluding hydrogens is 415 g/mol. The molecule has 1 N–H and O–H groups in total. The lowest BCUT2D eigenvalue weighted by Crippen LogP contribution is -2.12. The molecule has 2 aromatic heterocycles. The average molecular weight is 429 g/mol. The first-order valence-corrected chi connectivity index (χ1v) is 9.58. The summed E-state index contributed by atoms with van der Waals surface area (Å²) in [6, 6.07) is 16.6. The fraction of sp³-hybridized carbons (Fsp3) is 0.100. The largest absolute Gasteiger partial charge is 0.445 e. The van der Waals surface area contributed by atoms with Gasteiger partial charge in [-0.05, 0) is 24.6 Å². The summed E-state index contributed by atoms with van der Waals surface area (Å²) in [5, 5.41) is 12.1. The Balaban J connectivity index is 1.74. The van der Waals surface area contributed by atoms with Crippen LogP contribution in [0.2, 0.25) is 0 Å². The SMILES string of the molecule is Cc1ccccc1-c1nn(-c2ccccc2)cc1C(=O)Nc1nnc(C(F)(F)F)s1. The van der Waals surface area contributed by atoms with Gasteiger partial charge in [-0.1, -0.05) is 53.8 Å². The lowest BCUT2D eigenvalue weighted by Gasteiger charge is -2.05. The van der Waals surface area contributed by atoms with Crippen LogP contribution in [0.15, 0.2) is 60.8 Å². The molecular formula is C20H14F3N5OS. The van der Waals surface area contributed by atoms with Gasteiger partial charge in [0, 0.05) is 11.8 Å². The molecule has 0 aliphatic rings. The average Bonchev–Trinajstić information content (AvgIpc) is 3.36. The Morgan fingerprint density at radius 2 is 1.73 bits per heavy atom. The van der Waals surface area contributed by atoms with Crippen LogP contribution in [0.4, 0.5) is 18.3 Å². The smallest absolute Gasteiger partial charge is 0.296 e. The molecule has 0 aliphatic heterocycles. The van der Waals surface area contributed by atoms with Gasteiger partial charge >= 0.3 is 6.18 Å². The van der Waals surface area contributed by atoms with Gasteiger partial charge in [-0.3, -0.25) is 10.1 Å². The normalized spacial score (nSPS) is 11.5. The molecule has 0 aliphatic carbocycles. The number of amides is 1. The van der Waals surface area contributed by atoms with Crippen molar-refractivity contribution < 1.29 is 18.0 Å². The first-order chi connectivity index (χ1) is 14.3. The molecule has 0 atom stereocenters. The van der Waals surface area contributed by atoms with E-state index < -0.39 is 17.1 Å². The van der Waals surface area contributed by atoms with Gasteiger partial charge < -0.3 is 0 Å². The number of aromatic nitrogens is 4. The summed E-state index contributed by atoms with van der Waals surface area (Å²) in [6.45, 7) is 1.89. The summed E-state index contributed by atoms with van der Waals surface area (Å²) in [4.78, 5) is 12.9. The topological polar surface area (TPSA) is 72.7 Å². The summed E-state index contributed by atoms with van der Waals surface area (Å²) in [6.07, 6.45) is -3.08. The summed E-state index contributed by atoms with van der Waals surface area (Å²) < 4.78 is 39.8. The van der Waals surface area contributed by atoms with E-state index in [0.29, 0.717) is 5.69 Å². The zero-order valence-corrected chi connectivity index (χ0v) is 16.3. The Labute approximate surface area is 173 Å². The first-order valence-electron chi connectivity index (χ1n) is 8.76. The molecule has 1 amide bonds. The number of carbonyl (C=O) groups excluding carboxylic acids is 1. The molecule has 0 unspecified atom stereocenters. The maximum atomic E-state index is 12.9. The Morgan fingerprint density at radius 1 is 1.03 bits per heavy atom. The second kappa shape index (κ2) is 7.71. The molecule has 4 aromatic rings. The van der Waals surface area contributed by atoms with E-state index in [-0.39, 0.29) is 22.0 Å². The lowest BCUT2D eigenvalue weighted by molar-refractivity contribution is -0.138. The van der Waals surface area contributed by atoms with Crippen molar-refractivity contribution in [3.63, 3.8) is 0 Å². The van der Waals surface area contributed by atoms with Crippen LogP contribution in [0, 0.1) is 6.92 Å². The van der Waals surface area contributed by atoms with Gasteiger partial charge in [-0.15, -0.1) is 10.2 Å². The number of nitrogens with one attached hydrogen (secondary N) is 1. The van der Waals surface area contributed by atoms with Crippen molar-refractivity contribution in [2.45, 2.75) is 13.1 Å². The van der Waals surface area contributed by atoms with Crippen LogP contribution in [0.5, 0.6) is 0 Å². The van der Waals surface area contributed by atoms with Crippen LogP contribution < -0.4 is 5.32 Å². The van der Waals surface area contributed by atoms with Crippen molar-refractivity contribution >= 4 is 22.4 Å². The van der Waals surface area contributed by atoms with Crippen molar-refractivity contribution in [3.8, 4) is 16.9 Å². The van der Waals surface area contributed by atoms with E-state index in [2.05, 4.69) is 20.6 Å². The molecule has 0 radical (unpaired) electrons. The van der Waals surface area contributed by atoms with Gasteiger partial charge in [0.15, 0.2) is 0 Å². The minimum atomic E-state index is -4.62. The van der Waals surface area contributed by atoms with Gasteiger partial charge in [-0.25, -0.2) is 4.68 Å². The van der Waals surface area contributed by atoms with Crippen LogP contribution in [-0.2, 0) is 6.18 Å². The number of alkyl halides is 3. The highest BCUT2D eigenvalue weighted by Gasteiger charge is 2.36. The number of rotatable bonds is 4. The third kappa shape index (κ3) is 3.94. The zero-order chi connectivity index (χ0) is 21.3. The fourth-order valence-corrected chi connectivity index (χ4v) is 3.45. The van der Waals surface area contributed by atoms with Crippen molar-refractivity contribution in [2.75, 3.05) is 5.32 Å². The van der Waals surface area contributed by atoms with Crippen LogP contribution in [0.3, 0.4) is 0 Å². The van der Waals surface area contributed by atoms with Gasteiger partial charge in [0.25, 0.3) is 5.91 Å². The van der Waals surface area contributed by atoms with Crippen molar-refractivity contribution in [2.24, 2.45) is 0 Å².